The van der Waals surface area contributed by atoms with E-state index in [0.717, 1.165) is 19.3 Å². The number of amides is 3. The van der Waals surface area contributed by atoms with E-state index in [1.54, 1.807) is 6.07 Å². The molecule has 33 heavy (non-hydrogen) atoms. The van der Waals surface area contributed by atoms with E-state index in [2.05, 4.69) is 5.32 Å². The first-order valence-corrected chi connectivity index (χ1v) is 12.4. The molecule has 2 fully saturated rings. The summed E-state index contributed by atoms with van der Waals surface area (Å²) < 4.78 is 39.0. The minimum absolute atomic E-state index is 0.0134. The largest absolute Gasteiger partial charge is 0.495 e. The highest BCUT2D eigenvalue weighted by atomic mass is 35.5. The van der Waals surface area contributed by atoms with Crippen molar-refractivity contribution < 1.29 is 27.5 Å². The second-order valence-electron chi connectivity index (χ2n) is 7.56. The highest BCUT2D eigenvalue weighted by molar-refractivity contribution is 7.89. The molecule has 3 amide bonds. The lowest BCUT2D eigenvalue weighted by Gasteiger charge is -2.26. The van der Waals surface area contributed by atoms with Gasteiger partial charge in [0.05, 0.1) is 17.2 Å². The molecule has 12 heteroatoms. The standard InChI is InChI=1S/C21H21Cl2N3O6S/c1-31-17-6-5-14(11-18(17)33(29,30)25-7-3-2-4-8-25)32-20-15(22)9-13(10-16(20)23)26-12-19(27)24-21(26)28/h5-6,9-11H,2-4,7-8,12H2,1H3,(H,24,27,28). The van der Waals surface area contributed by atoms with Gasteiger partial charge in [0.25, 0.3) is 0 Å². The number of hydrogen-bond acceptors (Lipinski definition) is 6. The molecule has 0 atom stereocenters. The van der Waals surface area contributed by atoms with Gasteiger partial charge in [-0.05, 0) is 37.1 Å². The Labute approximate surface area is 201 Å². The molecule has 2 aromatic carbocycles. The van der Waals surface area contributed by atoms with Crippen LogP contribution >= 0.6 is 23.2 Å². The second kappa shape index (κ2) is 9.38. The number of ether oxygens (including phenoxy) is 2. The molecule has 2 aromatic rings. The van der Waals surface area contributed by atoms with Crippen LogP contribution in [-0.2, 0) is 14.8 Å². The van der Waals surface area contributed by atoms with Crippen LogP contribution in [0.15, 0.2) is 35.2 Å². The van der Waals surface area contributed by atoms with Crippen LogP contribution in [0.5, 0.6) is 17.2 Å². The Morgan fingerprint density at radius 1 is 1.00 bits per heavy atom. The van der Waals surface area contributed by atoms with Gasteiger partial charge in [0.2, 0.25) is 15.9 Å². The van der Waals surface area contributed by atoms with E-state index in [4.69, 9.17) is 32.7 Å². The van der Waals surface area contributed by atoms with Crippen LogP contribution in [0.1, 0.15) is 19.3 Å². The lowest BCUT2D eigenvalue weighted by Crippen LogP contribution is -2.35. The Kier molecular flexibility index (Phi) is 6.71. The Morgan fingerprint density at radius 3 is 2.24 bits per heavy atom. The number of methoxy groups -OCH3 is 1. The molecule has 9 nitrogen and oxygen atoms in total. The van der Waals surface area contributed by atoms with Gasteiger partial charge in [-0.15, -0.1) is 0 Å². The van der Waals surface area contributed by atoms with E-state index in [1.807, 2.05) is 0 Å². The molecule has 0 bridgehead atoms. The smallest absolute Gasteiger partial charge is 0.329 e. The zero-order valence-electron chi connectivity index (χ0n) is 17.6. The summed E-state index contributed by atoms with van der Waals surface area (Å²) in [6.45, 7) is 0.742. The Hall–Kier alpha value is -2.53. The third-order valence-corrected chi connectivity index (χ3v) is 7.86. The number of urea groups is 1. The third kappa shape index (κ3) is 4.74. The monoisotopic (exact) mass is 513 g/mol. The number of nitrogens with zero attached hydrogens (tertiary/aromatic N) is 2. The first-order chi connectivity index (χ1) is 15.7. The zero-order valence-corrected chi connectivity index (χ0v) is 20.0. The summed E-state index contributed by atoms with van der Waals surface area (Å²) in [5, 5.41) is 2.34. The van der Waals surface area contributed by atoms with Crippen molar-refractivity contribution in [3.8, 4) is 17.2 Å². The number of carbonyl (C=O) groups is 2. The van der Waals surface area contributed by atoms with Gasteiger partial charge >= 0.3 is 6.03 Å². The van der Waals surface area contributed by atoms with Crippen LogP contribution in [0.3, 0.4) is 0 Å². The maximum absolute atomic E-state index is 13.2. The topological polar surface area (TPSA) is 105 Å². The number of imide groups is 1. The fraction of sp³-hybridized carbons (Fsp3) is 0.333. The number of nitrogens with one attached hydrogen (secondary N) is 1. The van der Waals surface area contributed by atoms with Crippen LogP contribution in [0.2, 0.25) is 10.0 Å². The summed E-state index contributed by atoms with van der Waals surface area (Å²) >= 11 is 12.7. The van der Waals surface area contributed by atoms with E-state index in [0.29, 0.717) is 18.8 Å². The van der Waals surface area contributed by atoms with Crippen LogP contribution in [0, 0.1) is 0 Å². The van der Waals surface area contributed by atoms with E-state index < -0.39 is 22.0 Å². The molecule has 0 saturated carbocycles. The van der Waals surface area contributed by atoms with Crippen molar-refractivity contribution in [3.63, 3.8) is 0 Å². The number of rotatable bonds is 6. The number of sulfonamides is 1. The van der Waals surface area contributed by atoms with Crippen LogP contribution < -0.4 is 19.7 Å². The van der Waals surface area contributed by atoms with E-state index in [1.165, 1.54) is 40.6 Å². The predicted octanol–water partition coefficient (Wildman–Crippen LogP) is 4.03. The van der Waals surface area contributed by atoms with Gasteiger partial charge in [-0.25, -0.2) is 13.2 Å². The van der Waals surface area contributed by atoms with Crippen molar-refractivity contribution in [2.75, 3.05) is 31.6 Å². The van der Waals surface area contributed by atoms with Crippen molar-refractivity contribution in [2.45, 2.75) is 24.2 Å². The Bertz CT molecular complexity index is 1190. The summed E-state index contributed by atoms with van der Waals surface area (Å²) in [6, 6.07) is 6.72. The molecule has 2 saturated heterocycles. The minimum Gasteiger partial charge on any atom is -0.495 e. The molecule has 0 unspecified atom stereocenters. The highest BCUT2D eigenvalue weighted by Gasteiger charge is 2.31. The number of carbonyl (C=O) groups excluding carboxylic acids is 2. The molecule has 0 aromatic heterocycles. The maximum Gasteiger partial charge on any atom is 0.329 e. The van der Waals surface area contributed by atoms with Gasteiger partial charge in [-0.1, -0.05) is 29.6 Å². The highest BCUT2D eigenvalue weighted by Crippen LogP contribution is 2.41. The van der Waals surface area contributed by atoms with Gasteiger partial charge in [-0.3, -0.25) is 15.0 Å². The first kappa shape index (κ1) is 23.6. The summed E-state index contributed by atoms with van der Waals surface area (Å²) in [5.41, 5.74) is 0.323. The van der Waals surface area contributed by atoms with Crippen LogP contribution in [-0.4, -0.2) is 51.4 Å². The molecule has 2 heterocycles. The third-order valence-electron chi connectivity index (χ3n) is 5.38. The normalized spacial score (nSPS) is 17.2. The molecule has 2 aliphatic heterocycles. The Balaban J connectivity index is 1.65. The molecule has 0 radical (unpaired) electrons. The summed E-state index contributed by atoms with van der Waals surface area (Å²) in [5.74, 6) is 0.0370. The molecule has 0 spiro atoms. The molecular formula is C21H21Cl2N3O6S. The lowest BCUT2D eigenvalue weighted by atomic mass is 10.2. The van der Waals surface area contributed by atoms with Crippen molar-refractivity contribution >= 4 is 50.9 Å². The van der Waals surface area contributed by atoms with Crippen molar-refractivity contribution in [2.24, 2.45) is 0 Å². The SMILES string of the molecule is COc1ccc(Oc2c(Cl)cc(N3CC(=O)NC3=O)cc2Cl)cc1S(=O)(=O)N1CCCCC1. The average molecular weight is 514 g/mol. The fourth-order valence-corrected chi connectivity index (χ4v) is 5.97. The van der Waals surface area contributed by atoms with E-state index in [9.17, 15) is 18.0 Å². The maximum atomic E-state index is 13.2. The van der Waals surface area contributed by atoms with Gasteiger partial charge in [0.1, 0.15) is 22.9 Å². The quantitative estimate of drug-likeness (QED) is 0.584. The van der Waals surface area contributed by atoms with Crippen molar-refractivity contribution in [1.29, 1.82) is 0 Å². The van der Waals surface area contributed by atoms with Crippen molar-refractivity contribution in [1.82, 2.24) is 9.62 Å². The second-order valence-corrected chi connectivity index (χ2v) is 10.3. The van der Waals surface area contributed by atoms with E-state index in [-0.39, 0.29) is 38.7 Å². The number of anilines is 1. The minimum atomic E-state index is -3.79. The number of hydrogen-bond donors (Lipinski definition) is 1. The molecule has 1 N–H and O–H groups in total. The predicted molar refractivity (Wildman–Crippen MR) is 123 cm³/mol. The summed E-state index contributed by atoms with van der Waals surface area (Å²) in [6.07, 6.45) is 2.60. The molecule has 4 rings (SSSR count). The molecule has 2 aliphatic rings. The van der Waals surface area contributed by atoms with Gasteiger partial charge in [0.15, 0.2) is 5.75 Å². The summed E-state index contributed by atoms with van der Waals surface area (Å²) in [7, 11) is -2.39. The number of benzene rings is 2. The average Bonchev–Trinajstić information content (AvgIpc) is 3.14. The van der Waals surface area contributed by atoms with Gasteiger partial charge in [0, 0.05) is 24.8 Å². The number of halogens is 2. The first-order valence-electron chi connectivity index (χ1n) is 10.2. The van der Waals surface area contributed by atoms with E-state index >= 15 is 0 Å². The molecule has 176 valence electrons. The van der Waals surface area contributed by atoms with Crippen molar-refractivity contribution in [3.05, 3.63) is 40.4 Å². The van der Waals surface area contributed by atoms with Gasteiger partial charge < -0.3 is 9.47 Å². The summed E-state index contributed by atoms with van der Waals surface area (Å²) in [4.78, 5) is 24.6. The van der Waals surface area contributed by atoms with Gasteiger partial charge in [-0.2, -0.15) is 4.31 Å². The molecule has 0 aliphatic carbocycles. The molecular weight excluding hydrogens is 493 g/mol. The fourth-order valence-electron chi connectivity index (χ4n) is 3.73. The van der Waals surface area contributed by atoms with Crippen LogP contribution in [0.4, 0.5) is 10.5 Å². The lowest BCUT2D eigenvalue weighted by molar-refractivity contribution is -0.117. The number of piperidine rings is 1. The Morgan fingerprint density at radius 2 is 1.67 bits per heavy atom. The van der Waals surface area contributed by atoms with Crippen LogP contribution in [0.25, 0.3) is 0 Å². The zero-order chi connectivity index (χ0) is 23.8.